The lowest BCUT2D eigenvalue weighted by atomic mass is 10.1. The van der Waals surface area contributed by atoms with Crippen molar-refractivity contribution in [1.29, 1.82) is 5.41 Å². The summed E-state index contributed by atoms with van der Waals surface area (Å²) in [6, 6.07) is 16.4. The zero-order chi connectivity index (χ0) is 14.5. The number of amidine groups is 1. The lowest BCUT2D eigenvalue weighted by Crippen LogP contribution is -2.22. The van der Waals surface area contributed by atoms with Gasteiger partial charge in [-0.05, 0) is 43.2 Å². The van der Waals surface area contributed by atoms with Crippen LogP contribution in [-0.2, 0) is 6.54 Å². The number of hydrogen-bond acceptors (Lipinski definition) is 2. The molecule has 2 aromatic carbocycles. The highest BCUT2D eigenvalue weighted by Crippen LogP contribution is 2.18. The van der Waals surface area contributed by atoms with E-state index >= 15 is 0 Å². The Morgan fingerprint density at radius 1 is 1.15 bits per heavy atom. The lowest BCUT2D eigenvalue weighted by Gasteiger charge is -2.24. The smallest absolute Gasteiger partial charge is 0.122 e. The van der Waals surface area contributed by atoms with Gasteiger partial charge in [-0.3, -0.25) is 5.41 Å². The molecule has 3 N–H and O–H groups in total. The average Bonchev–Trinajstić information content (AvgIpc) is 2.45. The molecule has 0 heterocycles. The van der Waals surface area contributed by atoms with Crippen LogP contribution < -0.4 is 10.6 Å². The summed E-state index contributed by atoms with van der Waals surface area (Å²) in [5, 5.41) is 7.52. The van der Waals surface area contributed by atoms with Crippen molar-refractivity contribution < 1.29 is 0 Å². The Morgan fingerprint density at radius 2 is 1.90 bits per heavy atom. The fraction of sp³-hybridized carbons (Fsp3) is 0.235. The molecule has 0 spiro atoms. The molecule has 0 unspecified atom stereocenters. The van der Waals surface area contributed by atoms with Gasteiger partial charge in [-0.1, -0.05) is 30.3 Å². The van der Waals surface area contributed by atoms with Crippen LogP contribution in [0.25, 0.3) is 0 Å². The lowest BCUT2D eigenvalue weighted by molar-refractivity contribution is 0.831. The molecule has 20 heavy (non-hydrogen) atoms. The average molecular weight is 267 g/mol. The van der Waals surface area contributed by atoms with Gasteiger partial charge in [-0.25, -0.2) is 0 Å². The van der Waals surface area contributed by atoms with Crippen LogP contribution >= 0.6 is 0 Å². The quantitative estimate of drug-likeness (QED) is 0.645. The first-order chi connectivity index (χ1) is 9.60. The van der Waals surface area contributed by atoms with E-state index in [1.165, 1.54) is 16.8 Å². The fourth-order valence-corrected chi connectivity index (χ4v) is 2.27. The maximum Gasteiger partial charge on any atom is 0.122 e. The number of rotatable bonds is 5. The van der Waals surface area contributed by atoms with Gasteiger partial charge in [-0.2, -0.15) is 0 Å². The maximum absolute atomic E-state index is 7.52. The highest BCUT2D eigenvalue weighted by molar-refractivity contribution is 5.95. The minimum absolute atomic E-state index is 0.116. The summed E-state index contributed by atoms with van der Waals surface area (Å²) in [7, 11) is 0. The van der Waals surface area contributed by atoms with Crippen LogP contribution in [0.5, 0.6) is 0 Å². The molecular weight excluding hydrogens is 246 g/mol. The summed E-state index contributed by atoms with van der Waals surface area (Å²) in [6.45, 7) is 6.01. The Labute approximate surface area is 120 Å². The van der Waals surface area contributed by atoms with Crippen molar-refractivity contribution in [2.24, 2.45) is 5.73 Å². The van der Waals surface area contributed by atoms with E-state index in [9.17, 15) is 0 Å². The topological polar surface area (TPSA) is 53.1 Å². The van der Waals surface area contributed by atoms with Crippen LogP contribution in [-0.4, -0.2) is 12.4 Å². The zero-order valence-corrected chi connectivity index (χ0v) is 12.1. The van der Waals surface area contributed by atoms with E-state index < -0.39 is 0 Å². The SMILES string of the molecule is CCN(Cc1cccc(C(=N)N)c1)c1cccc(C)c1. The van der Waals surface area contributed by atoms with Crippen molar-refractivity contribution in [1.82, 2.24) is 0 Å². The molecule has 2 aromatic rings. The summed E-state index contributed by atoms with van der Waals surface area (Å²) in [5.41, 5.74) is 9.98. The van der Waals surface area contributed by atoms with Gasteiger partial charge in [0.25, 0.3) is 0 Å². The van der Waals surface area contributed by atoms with Gasteiger partial charge in [0, 0.05) is 24.3 Å². The van der Waals surface area contributed by atoms with Gasteiger partial charge in [0.05, 0.1) is 0 Å². The van der Waals surface area contributed by atoms with Crippen molar-refractivity contribution >= 4 is 11.5 Å². The summed E-state index contributed by atoms with van der Waals surface area (Å²) in [4.78, 5) is 2.31. The van der Waals surface area contributed by atoms with Crippen LogP contribution in [0, 0.1) is 12.3 Å². The normalized spacial score (nSPS) is 10.3. The highest BCUT2D eigenvalue weighted by Gasteiger charge is 2.06. The Bertz CT molecular complexity index is 605. The monoisotopic (exact) mass is 267 g/mol. The number of aryl methyl sites for hydroxylation is 1. The van der Waals surface area contributed by atoms with E-state index in [2.05, 4.69) is 49.1 Å². The van der Waals surface area contributed by atoms with Gasteiger partial charge in [0.1, 0.15) is 5.84 Å². The second-order valence-electron chi connectivity index (χ2n) is 4.97. The van der Waals surface area contributed by atoms with Crippen LogP contribution in [0.4, 0.5) is 5.69 Å². The summed E-state index contributed by atoms with van der Waals surface area (Å²) < 4.78 is 0. The third-order valence-electron chi connectivity index (χ3n) is 3.36. The van der Waals surface area contributed by atoms with Gasteiger partial charge in [0.15, 0.2) is 0 Å². The van der Waals surface area contributed by atoms with Crippen molar-refractivity contribution in [3.63, 3.8) is 0 Å². The van der Waals surface area contributed by atoms with E-state index in [4.69, 9.17) is 11.1 Å². The number of nitrogens with one attached hydrogen (secondary N) is 1. The molecule has 0 radical (unpaired) electrons. The Kier molecular flexibility index (Phi) is 4.41. The first-order valence-electron chi connectivity index (χ1n) is 6.85. The number of benzene rings is 2. The third kappa shape index (κ3) is 3.38. The Balaban J connectivity index is 2.22. The van der Waals surface area contributed by atoms with Crippen LogP contribution in [0.15, 0.2) is 48.5 Å². The van der Waals surface area contributed by atoms with Crippen molar-refractivity contribution in [3.05, 3.63) is 65.2 Å². The molecule has 104 valence electrons. The number of nitrogens with zero attached hydrogens (tertiary/aromatic N) is 1. The second kappa shape index (κ2) is 6.24. The van der Waals surface area contributed by atoms with Gasteiger partial charge in [-0.15, -0.1) is 0 Å². The number of hydrogen-bond donors (Lipinski definition) is 2. The zero-order valence-electron chi connectivity index (χ0n) is 12.1. The van der Waals surface area contributed by atoms with Crippen LogP contribution in [0.1, 0.15) is 23.6 Å². The van der Waals surface area contributed by atoms with Crippen molar-refractivity contribution in [3.8, 4) is 0 Å². The predicted octanol–water partition coefficient (Wildman–Crippen LogP) is 3.31. The number of nitrogens with two attached hydrogens (primary N) is 1. The molecule has 3 nitrogen and oxygen atoms in total. The fourth-order valence-electron chi connectivity index (χ4n) is 2.27. The molecule has 0 saturated carbocycles. The van der Waals surface area contributed by atoms with Crippen LogP contribution in [0.2, 0.25) is 0 Å². The first kappa shape index (κ1) is 14.1. The summed E-state index contributed by atoms with van der Waals surface area (Å²) in [6.07, 6.45) is 0. The Hall–Kier alpha value is -2.29. The minimum atomic E-state index is 0.116. The number of anilines is 1. The first-order valence-corrected chi connectivity index (χ1v) is 6.85. The highest BCUT2D eigenvalue weighted by atomic mass is 15.1. The molecule has 0 aromatic heterocycles. The number of nitrogen functional groups attached to an aromatic ring is 1. The predicted molar refractivity (Wildman–Crippen MR) is 85.4 cm³/mol. The van der Waals surface area contributed by atoms with E-state index in [1.54, 1.807) is 0 Å². The van der Waals surface area contributed by atoms with E-state index in [0.717, 1.165) is 18.7 Å². The molecule has 0 aliphatic rings. The largest absolute Gasteiger partial charge is 0.384 e. The van der Waals surface area contributed by atoms with E-state index in [0.29, 0.717) is 0 Å². The molecule has 0 atom stereocenters. The van der Waals surface area contributed by atoms with E-state index in [1.807, 2.05) is 18.2 Å². The molecule has 0 bridgehead atoms. The summed E-state index contributed by atoms with van der Waals surface area (Å²) >= 11 is 0. The molecule has 2 rings (SSSR count). The molecular formula is C17H21N3. The Morgan fingerprint density at radius 3 is 2.55 bits per heavy atom. The van der Waals surface area contributed by atoms with Gasteiger partial charge < -0.3 is 10.6 Å². The second-order valence-corrected chi connectivity index (χ2v) is 4.97. The van der Waals surface area contributed by atoms with Gasteiger partial charge >= 0.3 is 0 Å². The van der Waals surface area contributed by atoms with Crippen LogP contribution in [0.3, 0.4) is 0 Å². The van der Waals surface area contributed by atoms with Crippen molar-refractivity contribution in [2.75, 3.05) is 11.4 Å². The molecule has 0 amide bonds. The molecule has 3 heteroatoms. The molecule has 0 aliphatic carbocycles. The standard InChI is InChI=1S/C17H21N3/c1-3-20(16-9-4-6-13(2)10-16)12-14-7-5-8-15(11-14)17(18)19/h4-11H,3,12H2,1-2H3,(H3,18,19). The molecule has 0 saturated heterocycles. The molecule has 0 aliphatic heterocycles. The van der Waals surface area contributed by atoms with Gasteiger partial charge in [0.2, 0.25) is 0 Å². The molecule has 0 fully saturated rings. The maximum atomic E-state index is 7.52. The third-order valence-corrected chi connectivity index (χ3v) is 3.36. The minimum Gasteiger partial charge on any atom is -0.384 e. The van der Waals surface area contributed by atoms with E-state index in [-0.39, 0.29) is 5.84 Å². The summed E-state index contributed by atoms with van der Waals surface area (Å²) in [5.74, 6) is 0.116. The van der Waals surface area contributed by atoms with Crippen molar-refractivity contribution in [2.45, 2.75) is 20.4 Å².